The molecule has 5 rings (SSSR count). The maximum absolute atomic E-state index is 12.3. The fourth-order valence-corrected chi connectivity index (χ4v) is 6.05. The van der Waals surface area contributed by atoms with E-state index in [-0.39, 0.29) is 6.61 Å². The molecule has 226 valence electrons. The summed E-state index contributed by atoms with van der Waals surface area (Å²) in [6.07, 6.45) is -0.157. The number of nitrogens with zero attached hydrogens (tertiary/aromatic N) is 2. The van der Waals surface area contributed by atoms with Gasteiger partial charge in [0, 0.05) is 51.9 Å². The van der Waals surface area contributed by atoms with Crippen molar-refractivity contribution in [3.05, 3.63) is 65.6 Å². The predicted octanol–water partition coefficient (Wildman–Crippen LogP) is 4.20. The minimum Gasteiger partial charge on any atom is -0.463 e. The van der Waals surface area contributed by atoms with Gasteiger partial charge in [0.2, 0.25) is 0 Å². The van der Waals surface area contributed by atoms with Crippen molar-refractivity contribution in [1.82, 2.24) is 9.55 Å². The molecule has 1 aliphatic heterocycles. The van der Waals surface area contributed by atoms with Gasteiger partial charge in [0.1, 0.15) is 18.5 Å². The van der Waals surface area contributed by atoms with E-state index in [9.17, 15) is 19.2 Å². The molecule has 4 heterocycles. The lowest BCUT2D eigenvalue weighted by atomic mass is 9.97. The average Bonchev–Trinajstić information content (AvgIpc) is 3.70. The number of rotatable bonds is 9. The van der Waals surface area contributed by atoms with E-state index >= 15 is 0 Å². The van der Waals surface area contributed by atoms with Crippen LogP contribution in [0.15, 0.2) is 59.5 Å². The molecule has 5 atom stereocenters. The summed E-state index contributed by atoms with van der Waals surface area (Å²) in [5, 5.41) is 1.74. The zero-order chi connectivity index (χ0) is 30.7. The first-order valence-electron chi connectivity index (χ1n) is 13.5. The van der Waals surface area contributed by atoms with Gasteiger partial charge in [-0.15, -0.1) is 11.3 Å². The predicted molar refractivity (Wildman–Crippen MR) is 152 cm³/mol. The zero-order valence-corrected chi connectivity index (χ0v) is 24.7. The summed E-state index contributed by atoms with van der Waals surface area (Å²) in [6, 6.07) is 11.3. The molecule has 0 N–H and O–H groups in total. The van der Waals surface area contributed by atoms with Gasteiger partial charge in [0.25, 0.3) is 0 Å². The molecule has 12 nitrogen and oxygen atoms in total. The van der Waals surface area contributed by atoms with E-state index in [0.29, 0.717) is 6.42 Å². The summed E-state index contributed by atoms with van der Waals surface area (Å²) in [7, 11) is 0. The number of hydrogen-bond donors (Lipinski definition) is 0. The van der Waals surface area contributed by atoms with E-state index in [4.69, 9.17) is 28.1 Å². The first kappa shape index (κ1) is 30.0. The van der Waals surface area contributed by atoms with Crippen LogP contribution >= 0.6 is 11.3 Å². The van der Waals surface area contributed by atoms with Crippen LogP contribution in [0.4, 0.5) is 0 Å². The number of carbonyl (C=O) groups is 4. The first-order chi connectivity index (χ1) is 20.6. The molecule has 0 radical (unpaired) electrons. The molecular formula is C30H30N2O10S. The molecule has 0 spiro atoms. The lowest BCUT2D eigenvalue weighted by Crippen LogP contribution is -2.60. The molecule has 3 aromatic heterocycles. The molecule has 0 saturated carbocycles. The van der Waals surface area contributed by atoms with Crippen LogP contribution in [0.25, 0.3) is 21.5 Å². The van der Waals surface area contributed by atoms with Crippen LogP contribution in [0.3, 0.4) is 0 Å². The largest absolute Gasteiger partial charge is 0.463 e. The number of fused-ring (bicyclic) bond motifs is 1. The highest BCUT2D eigenvalue weighted by molar-refractivity contribution is 7.15. The molecule has 0 amide bonds. The van der Waals surface area contributed by atoms with Crippen molar-refractivity contribution in [2.75, 3.05) is 6.61 Å². The summed E-state index contributed by atoms with van der Waals surface area (Å²) in [5.74, 6) is -1.91. The zero-order valence-electron chi connectivity index (χ0n) is 23.9. The molecule has 1 aliphatic rings. The van der Waals surface area contributed by atoms with Crippen LogP contribution in [0.5, 0.6) is 0 Å². The minimum absolute atomic E-state index is 0.310. The van der Waals surface area contributed by atoms with Crippen molar-refractivity contribution in [2.24, 2.45) is 0 Å². The topological polar surface area (TPSA) is 145 Å². The summed E-state index contributed by atoms with van der Waals surface area (Å²) >= 11 is 1.50. The SMILES string of the molecule is CC(=O)OC[C@H]1O[C@@H](n2cc(Cc3ncc(-c4ccco4)s3)c3ccccc32)[C@H](OC(C)=O)[C@@H](OC(C)=O)[C@@H]1OC(C)=O. The van der Waals surface area contributed by atoms with E-state index in [0.717, 1.165) is 32.1 Å². The van der Waals surface area contributed by atoms with Crippen LogP contribution in [0.2, 0.25) is 0 Å². The Morgan fingerprint density at radius 2 is 1.58 bits per heavy atom. The minimum atomic E-state index is -1.27. The monoisotopic (exact) mass is 610 g/mol. The molecular weight excluding hydrogens is 580 g/mol. The lowest BCUT2D eigenvalue weighted by molar-refractivity contribution is -0.267. The number of hydrogen-bond acceptors (Lipinski definition) is 12. The number of furan rings is 1. The Balaban J connectivity index is 1.58. The fourth-order valence-electron chi connectivity index (χ4n) is 5.15. The van der Waals surface area contributed by atoms with Gasteiger partial charge in [-0.05, 0) is 23.8 Å². The molecule has 0 unspecified atom stereocenters. The van der Waals surface area contributed by atoms with Gasteiger partial charge in [0.05, 0.1) is 21.7 Å². The van der Waals surface area contributed by atoms with Crippen molar-refractivity contribution in [2.45, 2.75) is 64.8 Å². The van der Waals surface area contributed by atoms with Crippen molar-refractivity contribution < 1.29 is 47.3 Å². The molecule has 43 heavy (non-hydrogen) atoms. The second-order valence-corrected chi connectivity index (χ2v) is 11.1. The summed E-state index contributed by atoms with van der Waals surface area (Å²) < 4.78 is 35.7. The number of esters is 4. The maximum Gasteiger partial charge on any atom is 0.303 e. The van der Waals surface area contributed by atoms with E-state index in [1.54, 1.807) is 17.0 Å². The highest BCUT2D eigenvalue weighted by Crippen LogP contribution is 2.38. The molecule has 1 aromatic carbocycles. The van der Waals surface area contributed by atoms with Gasteiger partial charge < -0.3 is 32.7 Å². The number of ether oxygens (including phenoxy) is 5. The summed E-state index contributed by atoms with van der Waals surface area (Å²) in [4.78, 5) is 53.9. The quantitative estimate of drug-likeness (QED) is 0.198. The van der Waals surface area contributed by atoms with Gasteiger partial charge >= 0.3 is 23.9 Å². The third kappa shape index (κ3) is 6.78. The molecule has 13 heteroatoms. The fraction of sp³-hybridized carbons (Fsp3) is 0.367. The second kappa shape index (κ2) is 12.8. The number of aromatic nitrogens is 2. The summed E-state index contributed by atoms with van der Waals surface area (Å²) in [5.41, 5.74) is 1.64. The molecule has 1 fully saturated rings. The number of thiazole rings is 1. The standard InChI is InChI=1S/C30H30N2O10S/c1-16(33)38-15-24-27(39-17(2)34)28(40-18(3)35)29(41-19(4)36)30(42-24)32-14-20(21-8-5-6-9-22(21)32)12-26-31-13-25(43-26)23-10-7-11-37-23/h5-11,13-14,24,27-30H,12,15H2,1-4H3/t24-,27-,28+,29-,30-/m1/s1. The smallest absolute Gasteiger partial charge is 0.303 e. The van der Waals surface area contributed by atoms with Crippen molar-refractivity contribution >= 4 is 46.1 Å². The Morgan fingerprint density at radius 3 is 2.26 bits per heavy atom. The number of benzene rings is 1. The Morgan fingerprint density at radius 1 is 0.884 bits per heavy atom. The second-order valence-electron chi connectivity index (χ2n) is 9.94. The highest BCUT2D eigenvalue weighted by atomic mass is 32.1. The van der Waals surface area contributed by atoms with Crippen LogP contribution in [-0.2, 0) is 49.3 Å². The molecule has 4 aromatic rings. The van der Waals surface area contributed by atoms with E-state index in [1.807, 2.05) is 42.6 Å². The Kier molecular flexibility index (Phi) is 8.92. The number of para-hydroxylation sites is 1. The van der Waals surface area contributed by atoms with Gasteiger partial charge in [-0.1, -0.05) is 18.2 Å². The Labute approximate surface area is 250 Å². The Bertz CT molecular complexity index is 1620. The van der Waals surface area contributed by atoms with Crippen LogP contribution in [-0.4, -0.2) is 64.5 Å². The van der Waals surface area contributed by atoms with E-state index in [1.165, 1.54) is 39.0 Å². The van der Waals surface area contributed by atoms with Crippen molar-refractivity contribution in [3.63, 3.8) is 0 Å². The normalized spacial score (nSPS) is 21.7. The van der Waals surface area contributed by atoms with E-state index < -0.39 is 54.5 Å². The maximum atomic E-state index is 12.3. The van der Waals surface area contributed by atoms with E-state index in [2.05, 4.69) is 4.98 Å². The van der Waals surface area contributed by atoms with Gasteiger partial charge in [-0.3, -0.25) is 19.2 Å². The van der Waals surface area contributed by atoms with Crippen molar-refractivity contribution in [1.29, 1.82) is 0 Å². The van der Waals surface area contributed by atoms with Gasteiger partial charge in [0.15, 0.2) is 24.5 Å². The average molecular weight is 611 g/mol. The van der Waals surface area contributed by atoms with Gasteiger partial charge in [-0.2, -0.15) is 0 Å². The third-order valence-electron chi connectivity index (χ3n) is 6.72. The lowest BCUT2D eigenvalue weighted by Gasteiger charge is -2.44. The van der Waals surface area contributed by atoms with Crippen LogP contribution in [0, 0.1) is 0 Å². The Hall–Kier alpha value is -4.49. The molecule has 1 saturated heterocycles. The number of carbonyl (C=O) groups excluding carboxylic acids is 4. The molecule has 0 aliphatic carbocycles. The first-order valence-corrected chi connectivity index (χ1v) is 14.3. The van der Waals surface area contributed by atoms with Crippen LogP contribution < -0.4 is 0 Å². The highest BCUT2D eigenvalue weighted by Gasteiger charge is 2.53. The van der Waals surface area contributed by atoms with Gasteiger partial charge in [-0.25, -0.2) is 4.98 Å². The van der Waals surface area contributed by atoms with Crippen LogP contribution in [0.1, 0.15) is 44.5 Å². The summed E-state index contributed by atoms with van der Waals surface area (Å²) in [6.45, 7) is 4.51. The third-order valence-corrected chi connectivity index (χ3v) is 7.73. The van der Waals surface area contributed by atoms with Crippen molar-refractivity contribution in [3.8, 4) is 10.6 Å². The molecule has 0 bridgehead atoms.